The molecule has 3 nitrogen and oxygen atoms in total. The molecule has 0 spiro atoms. The lowest BCUT2D eigenvalue weighted by Gasteiger charge is -2.12. The average Bonchev–Trinajstić information content (AvgIpc) is 2.46. The van der Waals surface area contributed by atoms with Gasteiger partial charge in [-0.3, -0.25) is 0 Å². The van der Waals surface area contributed by atoms with E-state index in [1.165, 1.54) is 0 Å². The van der Waals surface area contributed by atoms with Crippen LogP contribution < -0.4 is 4.74 Å². The zero-order chi connectivity index (χ0) is 14.5. The van der Waals surface area contributed by atoms with Gasteiger partial charge in [0.05, 0.1) is 5.71 Å². The number of aryl methyl sites for hydroxylation is 1. The monoisotopic (exact) mass is 333 g/mol. The van der Waals surface area contributed by atoms with E-state index in [0.717, 1.165) is 21.2 Å². The summed E-state index contributed by atoms with van der Waals surface area (Å²) in [5, 5.41) is 12.2. The number of nitrogens with zero attached hydrogens (tertiary/aromatic N) is 1. The van der Waals surface area contributed by atoms with E-state index in [-0.39, 0.29) is 0 Å². The Hall–Kier alpha value is -1.81. The zero-order valence-electron chi connectivity index (χ0n) is 11.4. The van der Waals surface area contributed by atoms with Crippen molar-refractivity contribution in [2.45, 2.75) is 20.5 Å². The van der Waals surface area contributed by atoms with Gasteiger partial charge in [-0.25, -0.2) is 0 Å². The number of halogens is 1. The van der Waals surface area contributed by atoms with Crippen molar-refractivity contribution in [2.24, 2.45) is 5.16 Å². The topological polar surface area (TPSA) is 41.8 Å². The molecule has 0 fully saturated rings. The fourth-order valence-corrected chi connectivity index (χ4v) is 2.28. The van der Waals surface area contributed by atoms with Gasteiger partial charge < -0.3 is 9.94 Å². The lowest BCUT2D eigenvalue weighted by molar-refractivity contribution is 0.302. The van der Waals surface area contributed by atoms with Crippen molar-refractivity contribution in [2.75, 3.05) is 0 Å². The van der Waals surface area contributed by atoms with Crippen LogP contribution in [0.1, 0.15) is 23.6 Å². The van der Waals surface area contributed by atoms with Gasteiger partial charge in [-0.2, -0.15) is 0 Å². The maximum Gasteiger partial charge on any atom is 0.128 e. The molecule has 0 atom stereocenters. The van der Waals surface area contributed by atoms with Crippen LogP contribution in [0.5, 0.6) is 5.75 Å². The van der Waals surface area contributed by atoms with Gasteiger partial charge in [-0.15, -0.1) is 0 Å². The third kappa shape index (κ3) is 3.39. The molecule has 0 unspecified atom stereocenters. The minimum absolute atomic E-state index is 0.455. The molecule has 4 heteroatoms. The molecule has 0 radical (unpaired) electrons. The second-order valence-corrected chi connectivity index (χ2v) is 5.42. The van der Waals surface area contributed by atoms with Crippen molar-refractivity contribution >= 4 is 21.6 Å². The van der Waals surface area contributed by atoms with Gasteiger partial charge in [-0.05, 0) is 32.0 Å². The predicted molar refractivity (Wildman–Crippen MR) is 83.7 cm³/mol. The van der Waals surface area contributed by atoms with Crippen LogP contribution >= 0.6 is 15.9 Å². The molecule has 0 saturated carbocycles. The molecular formula is C16H16BrNO2. The van der Waals surface area contributed by atoms with Crippen molar-refractivity contribution < 1.29 is 9.94 Å². The van der Waals surface area contributed by atoms with Crippen LogP contribution in [0.25, 0.3) is 0 Å². The highest BCUT2D eigenvalue weighted by molar-refractivity contribution is 9.10. The van der Waals surface area contributed by atoms with Crippen molar-refractivity contribution in [3.63, 3.8) is 0 Å². The fraction of sp³-hybridized carbons (Fsp3) is 0.188. The van der Waals surface area contributed by atoms with E-state index in [1.54, 1.807) is 6.92 Å². The van der Waals surface area contributed by atoms with Gasteiger partial charge >= 0.3 is 0 Å². The van der Waals surface area contributed by atoms with Crippen LogP contribution in [0.3, 0.4) is 0 Å². The van der Waals surface area contributed by atoms with Crippen molar-refractivity contribution in [1.29, 1.82) is 0 Å². The van der Waals surface area contributed by atoms with E-state index < -0.39 is 0 Å². The summed E-state index contributed by atoms with van der Waals surface area (Å²) < 4.78 is 6.88. The first-order chi connectivity index (χ1) is 9.61. The largest absolute Gasteiger partial charge is 0.488 e. The second-order valence-electron chi connectivity index (χ2n) is 4.57. The van der Waals surface area contributed by atoms with E-state index in [4.69, 9.17) is 9.94 Å². The molecule has 2 aromatic rings. The van der Waals surface area contributed by atoms with Crippen molar-refractivity contribution in [1.82, 2.24) is 0 Å². The molecular weight excluding hydrogens is 318 g/mol. The van der Waals surface area contributed by atoms with E-state index in [9.17, 15) is 0 Å². The summed E-state index contributed by atoms with van der Waals surface area (Å²) in [7, 11) is 0. The first-order valence-corrected chi connectivity index (χ1v) is 7.07. The molecule has 0 aliphatic heterocycles. The number of oxime groups is 1. The first-order valence-electron chi connectivity index (χ1n) is 6.27. The maximum absolute atomic E-state index is 8.96. The molecule has 2 aromatic carbocycles. The van der Waals surface area contributed by atoms with Gasteiger partial charge in [0.2, 0.25) is 0 Å². The summed E-state index contributed by atoms with van der Waals surface area (Å²) in [5.74, 6) is 0.710. The number of ether oxygens (including phenoxy) is 1. The minimum Gasteiger partial charge on any atom is -0.488 e. The van der Waals surface area contributed by atoms with Crippen molar-refractivity contribution in [3.8, 4) is 5.75 Å². The minimum atomic E-state index is 0.455. The predicted octanol–water partition coefficient (Wildman–Crippen LogP) is 4.53. The molecule has 20 heavy (non-hydrogen) atoms. The molecule has 0 aliphatic rings. The second kappa shape index (κ2) is 6.57. The Bertz CT molecular complexity index is 638. The van der Waals surface area contributed by atoms with E-state index in [2.05, 4.69) is 21.1 Å². The van der Waals surface area contributed by atoms with Crippen LogP contribution in [-0.2, 0) is 6.61 Å². The molecule has 0 heterocycles. The third-order valence-electron chi connectivity index (χ3n) is 3.02. The molecule has 2 rings (SSSR count). The Kier molecular flexibility index (Phi) is 4.79. The van der Waals surface area contributed by atoms with Gasteiger partial charge in [0.1, 0.15) is 12.4 Å². The van der Waals surface area contributed by atoms with Crippen LogP contribution in [-0.4, -0.2) is 10.9 Å². The summed E-state index contributed by atoms with van der Waals surface area (Å²) in [5.41, 5.74) is 3.50. The molecule has 104 valence electrons. The Morgan fingerprint density at radius 1 is 1.25 bits per heavy atom. The summed E-state index contributed by atoms with van der Waals surface area (Å²) >= 11 is 3.50. The maximum atomic E-state index is 8.96. The summed E-state index contributed by atoms with van der Waals surface area (Å²) in [6.07, 6.45) is 0. The highest BCUT2D eigenvalue weighted by Crippen LogP contribution is 2.24. The highest BCUT2D eigenvalue weighted by Gasteiger charge is 2.09. The first kappa shape index (κ1) is 14.6. The molecule has 0 aliphatic carbocycles. The molecule has 0 amide bonds. The number of benzene rings is 2. The van der Waals surface area contributed by atoms with E-state index >= 15 is 0 Å². The smallest absolute Gasteiger partial charge is 0.128 e. The fourth-order valence-electron chi connectivity index (χ4n) is 1.88. The van der Waals surface area contributed by atoms with Gasteiger partial charge in [0, 0.05) is 15.6 Å². The van der Waals surface area contributed by atoms with E-state index in [0.29, 0.717) is 18.1 Å². The molecule has 0 saturated heterocycles. The average molecular weight is 334 g/mol. The lowest BCUT2D eigenvalue weighted by Crippen LogP contribution is -2.03. The quantitative estimate of drug-likeness (QED) is 0.507. The lowest BCUT2D eigenvalue weighted by atomic mass is 10.1. The summed E-state index contributed by atoms with van der Waals surface area (Å²) in [4.78, 5) is 0. The Morgan fingerprint density at radius 2 is 2.00 bits per heavy atom. The van der Waals surface area contributed by atoms with Crippen LogP contribution in [0.2, 0.25) is 0 Å². The van der Waals surface area contributed by atoms with Gasteiger partial charge in [0.15, 0.2) is 0 Å². The zero-order valence-corrected chi connectivity index (χ0v) is 13.0. The molecule has 1 N–H and O–H groups in total. The number of rotatable bonds is 4. The highest BCUT2D eigenvalue weighted by atomic mass is 79.9. The SMILES string of the molecule is C/C(=N\O)c1cc(C)ccc1OCc1ccccc1Br. The Balaban J connectivity index is 2.24. The normalized spacial score (nSPS) is 11.4. The van der Waals surface area contributed by atoms with Crippen LogP contribution in [0.15, 0.2) is 52.1 Å². The third-order valence-corrected chi connectivity index (χ3v) is 3.79. The molecule has 0 bridgehead atoms. The summed E-state index contributed by atoms with van der Waals surface area (Å²) in [6.45, 7) is 4.20. The number of hydrogen-bond acceptors (Lipinski definition) is 3. The Labute approximate surface area is 127 Å². The standard InChI is InChI=1S/C16H16BrNO2/c1-11-7-8-16(14(9-11)12(2)18-19)20-10-13-5-3-4-6-15(13)17/h3-9,19H,10H2,1-2H3/b18-12+. The number of hydrogen-bond donors (Lipinski definition) is 1. The van der Waals surface area contributed by atoms with Gasteiger partial charge in [0.25, 0.3) is 0 Å². The van der Waals surface area contributed by atoms with Crippen molar-refractivity contribution in [3.05, 3.63) is 63.6 Å². The molecule has 0 aromatic heterocycles. The van der Waals surface area contributed by atoms with E-state index in [1.807, 2.05) is 49.4 Å². The van der Waals surface area contributed by atoms with Gasteiger partial charge in [-0.1, -0.05) is 50.9 Å². The van der Waals surface area contributed by atoms with Crippen LogP contribution in [0, 0.1) is 6.92 Å². The van der Waals surface area contributed by atoms with Crippen LogP contribution in [0.4, 0.5) is 0 Å². The Morgan fingerprint density at radius 3 is 2.70 bits per heavy atom. The summed E-state index contributed by atoms with van der Waals surface area (Å²) in [6, 6.07) is 13.7.